The molecule has 0 bridgehead atoms. The van der Waals surface area contributed by atoms with E-state index in [1.165, 1.54) is 70.6 Å². The molecule has 1 aliphatic rings. The SMILES string of the molecule is CCCCCCCCC=CCCCCCCCC(=O)O.NCCN1C=NCC1. The van der Waals surface area contributed by atoms with Crippen LogP contribution in [0.1, 0.15) is 96.8 Å². The number of rotatable bonds is 17. The number of aliphatic carboxylic acids is 1. The lowest BCUT2D eigenvalue weighted by atomic mass is 10.1. The number of aliphatic imine (C=N–C) groups is 1. The summed E-state index contributed by atoms with van der Waals surface area (Å²) >= 11 is 0. The van der Waals surface area contributed by atoms with E-state index in [0.29, 0.717) is 6.42 Å². The number of hydrogen-bond donors (Lipinski definition) is 2. The lowest BCUT2D eigenvalue weighted by molar-refractivity contribution is -0.137. The molecule has 0 saturated heterocycles. The average molecular weight is 396 g/mol. The van der Waals surface area contributed by atoms with Gasteiger partial charge in [0.1, 0.15) is 0 Å². The molecule has 1 aliphatic heterocycles. The fourth-order valence-electron chi connectivity index (χ4n) is 3.10. The quantitative estimate of drug-likeness (QED) is 0.255. The van der Waals surface area contributed by atoms with Crippen LogP contribution in [0.5, 0.6) is 0 Å². The van der Waals surface area contributed by atoms with Gasteiger partial charge in [0.15, 0.2) is 0 Å². The maximum absolute atomic E-state index is 10.3. The van der Waals surface area contributed by atoms with E-state index in [1.807, 2.05) is 6.34 Å². The Morgan fingerprint density at radius 2 is 1.57 bits per heavy atom. The maximum Gasteiger partial charge on any atom is 0.303 e. The van der Waals surface area contributed by atoms with Crippen LogP contribution in [0, 0.1) is 0 Å². The molecule has 164 valence electrons. The minimum atomic E-state index is -0.664. The largest absolute Gasteiger partial charge is 0.481 e. The van der Waals surface area contributed by atoms with Gasteiger partial charge in [-0.1, -0.05) is 70.4 Å². The highest BCUT2D eigenvalue weighted by Crippen LogP contribution is 2.09. The first-order chi connectivity index (χ1) is 13.7. The summed E-state index contributed by atoms with van der Waals surface area (Å²) in [5, 5.41) is 8.51. The van der Waals surface area contributed by atoms with Crippen molar-refractivity contribution in [2.24, 2.45) is 10.7 Å². The number of nitrogens with two attached hydrogens (primary N) is 1. The molecule has 0 aromatic carbocycles. The first-order valence-corrected chi connectivity index (χ1v) is 11.5. The summed E-state index contributed by atoms with van der Waals surface area (Å²) in [5.74, 6) is -0.664. The van der Waals surface area contributed by atoms with Gasteiger partial charge in [0.2, 0.25) is 0 Å². The van der Waals surface area contributed by atoms with Crippen molar-refractivity contribution in [3.63, 3.8) is 0 Å². The van der Waals surface area contributed by atoms with Crippen molar-refractivity contribution in [3.05, 3.63) is 12.2 Å². The zero-order chi connectivity index (χ0) is 20.7. The van der Waals surface area contributed by atoms with E-state index >= 15 is 0 Å². The molecule has 1 heterocycles. The van der Waals surface area contributed by atoms with E-state index in [0.717, 1.165) is 39.0 Å². The van der Waals surface area contributed by atoms with Crippen molar-refractivity contribution in [2.45, 2.75) is 96.8 Å². The molecule has 0 atom stereocenters. The van der Waals surface area contributed by atoms with Gasteiger partial charge in [-0.2, -0.15) is 0 Å². The van der Waals surface area contributed by atoms with Gasteiger partial charge in [0.25, 0.3) is 0 Å². The molecule has 0 spiro atoms. The molecule has 0 unspecified atom stereocenters. The summed E-state index contributed by atoms with van der Waals surface area (Å²) in [6.07, 6.45) is 23.1. The molecule has 3 N–H and O–H groups in total. The third kappa shape index (κ3) is 20.9. The molecule has 5 nitrogen and oxygen atoms in total. The number of hydrogen-bond acceptors (Lipinski definition) is 4. The second-order valence-electron chi connectivity index (χ2n) is 7.57. The highest BCUT2D eigenvalue weighted by Gasteiger charge is 2.01. The fraction of sp³-hybridized carbons (Fsp3) is 0.826. The Kier molecular flexibility index (Phi) is 20.9. The molecular weight excluding hydrogens is 350 g/mol. The summed E-state index contributed by atoms with van der Waals surface area (Å²) in [4.78, 5) is 16.5. The summed E-state index contributed by atoms with van der Waals surface area (Å²) in [7, 11) is 0. The van der Waals surface area contributed by atoms with Crippen molar-refractivity contribution in [1.82, 2.24) is 4.90 Å². The van der Waals surface area contributed by atoms with Crippen LogP contribution in [0.3, 0.4) is 0 Å². The minimum absolute atomic E-state index is 0.332. The zero-order valence-electron chi connectivity index (χ0n) is 18.3. The van der Waals surface area contributed by atoms with E-state index < -0.39 is 5.97 Å². The Bertz CT molecular complexity index is 397. The lowest BCUT2D eigenvalue weighted by Gasteiger charge is -2.09. The Morgan fingerprint density at radius 3 is 2.07 bits per heavy atom. The lowest BCUT2D eigenvalue weighted by Crippen LogP contribution is -2.26. The van der Waals surface area contributed by atoms with E-state index in [-0.39, 0.29) is 0 Å². The fourth-order valence-corrected chi connectivity index (χ4v) is 3.10. The van der Waals surface area contributed by atoms with Gasteiger partial charge in [-0.3, -0.25) is 9.79 Å². The predicted octanol–water partition coefficient (Wildman–Crippen LogP) is 5.40. The van der Waals surface area contributed by atoms with Crippen LogP contribution in [0.2, 0.25) is 0 Å². The molecule has 0 aromatic heterocycles. The molecule has 28 heavy (non-hydrogen) atoms. The van der Waals surface area contributed by atoms with E-state index in [1.54, 1.807) is 0 Å². The summed E-state index contributed by atoms with van der Waals surface area (Å²) in [6.45, 7) is 5.93. The van der Waals surface area contributed by atoms with E-state index in [4.69, 9.17) is 10.8 Å². The van der Waals surface area contributed by atoms with Crippen LogP contribution in [-0.4, -0.2) is 48.5 Å². The number of allylic oxidation sites excluding steroid dienone is 2. The summed E-state index contributed by atoms with van der Waals surface area (Å²) < 4.78 is 0. The molecule has 0 aromatic rings. The number of carbonyl (C=O) groups is 1. The second kappa shape index (κ2) is 21.9. The minimum Gasteiger partial charge on any atom is -0.481 e. The Labute approximate surface area is 173 Å². The van der Waals surface area contributed by atoms with Crippen LogP contribution in [0.4, 0.5) is 0 Å². The van der Waals surface area contributed by atoms with Gasteiger partial charge in [0, 0.05) is 26.1 Å². The molecule has 0 saturated carbocycles. The number of unbranched alkanes of at least 4 members (excludes halogenated alkanes) is 11. The van der Waals surface area contributed by atoms with Crippen LogP contribution >= 0.6 is 0 Å². The van der Waals surface area contributed by atoms with Gasteiger partial charge in [-0.05, 0) is 32.1 Å². The van der Waals surface area contributed by atoms with Gasteiger partial charge >= 0.3 is 5.97 Å². The highest BCUT2D eigenvalue weighted by atomic mass is 16.4. The summed E-state index contributed by atoms with van der Waals surface area (Å²) in [6, 6.07) is 0. The predicted molar refractivity (Wildman–Crippen MR) is 121 cm³/mol. The monoisotopic (exact) mass is 395 g/mol. The van der Waals surface area contributed by atoms with Crippen molar-refractivity contribution in [1.29, 1.82) is 0 Å². The Hall–Kier alpha value is -1.36. The topological polar surface area (TPSA) is 78.9 Å². The average Bonchev–Trinajstić information content (AvgIpc) is 3.19. The normalized spacial score (nSPS) is 13.1. The molecular formula is C23H45N3O2. The Balaban J connectivity index is 0.000000749. The first kappa shape index (κ1) is 26.6. The molecule has 1 rings (SSSR count). The van der Waals surface area contributed by atoms with Crippen LogP contribution in [0.15, 0.2) is 17.1 Å². The van der Waals surface area contributed by atoms with Crippen molar-refractivity contribution < 1.29 is 9.90 Å². The van der Waals surface area contributed by atoms with Crippen LogP contribution in [-0.2, 0) is 4.79 Å². The third-order valence-electron chi connectivity index (χ3n) is 4.83. The first-order valence-electron chi connectivity index (χ1n) is 11.5. The van der Waals surface area contributed by atoms with Gasteiger partial charge < -0.3 is 15.7 Å². The number of carboxylic acid groups (broad SMARTS) is 1. The van der Waals surface area contributed by atoms with E-state index in [9.17, 15) is 4.79 Å². The van der Waals surface area contributed by atoms with E-state index in [2.05, 4.69) is 29.0 Å². The highest BCUT2D eigenvalue weighted by molar-refractivity contribution is 5.66. The molecule has 5 heteroatoms. The smallest absolute Gasteiger partial charge is 0.303 e. The third-order valence-corrected chi connectivity index (χ3v) is 4.83. The Morgan fingerprint density at radius 1 is 1.00 bits per heavy atom. The van der Waals surface area contributed by atoms with Crippen molar-refractivity contribution in [3.8, 4) is 0 Å². The molecule has 0 amide bonds. The van der Waals surface area contributed by atoms with Gasteiger partial charge in [0.05, 0.1) is 12.9 Å². The van der Waals surface area contributed by atoms with Gasteiger partial charge in [-0.25, -0.2) is 0 Å². The number of carboxylic acids is 1. The standard InChI is InChI=1S/C18H34O2.C5H11N3/c1-2-3-4-5-6-7-8-9-10-11-12-13-14-15-16-17-18(19)20;6-1-3-8-4-2-7-5-8/h9-10H,2-8,11-17H2,1H3,(H,19,20);5H,1-4,6H2. The second-order valence-corrected chi connectivity index (χ2v) is 7.57. The van der Waals surface area contributed by atoms with Gasteiger partial charge in [-0.15, -0.1) is 0 Å². The maximum atomic E-state index is 10.3. The summed E-state index contributed by atoms with van der Waals surface area (Å²) in [5.41, 5.74) is 5.30. The van der Waals surface area contributed by atoms with Crippen LogP contribution < -0.4 is 5.73 Å². The van der Waals surface area contributed by atoms with Crippen LogP contribution in [0.25, 0.3) is 0 Å². The number of nitrogens with zero attached hydrogens (tertiary/aromatic N) is 2. The molecule has 0 aliphatic carbocycles. The van der Waals surface area contributed by atoms with Crippen molar-refractivity contribution in [2.75, 3.05) is 26.2 Å². The molecule has 0 radical (unpaired) electrons. The zero-order valence-corrected chi connectivity index (χ0v) is 18.3. The molecule has 0 fully saturated rings. The van der Waals surface area contributed by atoms with Crippen molar-refractivity contribution >= 4 is 12.3 Å².